The van der Waals surface area contributed by atoms with E-state index in [9.17, 15) is 8.78 Å². The van der Waals surface area contributed by atoms with Crippen LogP contribution in [0.15, 0.2) is 12.2 Å². The lowest BCUT2D eigenvalue weighted by Crippen LogP contribution is -2.45. The molecule has 4 fully saturated rings. The summed E-state index contributed by atoms with van der Waals surface area (Å²) in [5.41, 5.74) is -0.0897. The van der Waals surface area contributed by atoms with Crippen LogP contribution < -0.4 is 0 Å². The summed E-state index contributed by atoms with van der Waals surface area (Å²) in [6, 6.07) is 0. The van der Waals surface area contributed by atoms with Crippen LogP contribution in [0, 0.1) is 23.2 Å². The average Bonchev–Trinajstić information content (AvgIpc) is 2.42. The van der Waals surface area contributed by atoms with Crippen LogP contribution in [0.3, 0.4) is 0 Å². The van der Waals surface area contributed by atoms with Crippen molar-refractivity contribution in [3.63, 3.8) is 0 Å². The fraction of sp³-hybridized carbons (Fsp3) is 0.889. The molecule has 20 heavy (non-hydrogen) atoms. The Bertz CT molecular complexity index is 242. The molecule has 0 aromatic carbocycles. The Morgan fingerprint density at radius 3 is 1.30 bits per heavy atom. The normalized spacial score (nSPS) is 35.5. The molecule has 0 amide bonds. The molecule has 4 bridgehead atoms. The molecule has 2 heteroatoms. The number of hydrogen-bond donors (Lipinski definition) is 0. The number of allylic oxidation sites excluding steroid dienone is 1. The highest BCUT2D eigenvalue weighted by molar-refractivity contribution is 5.10. The van der Waals surface area contributed by atoms with Crippen LogP contribution >= 0.6 is 0 Å². The van der Waals surface area contributed by atoms with Gasteiger partial charge < -0.3 is 0 Å². The standard InChI is InChI=1S/C12H16F2.3C2H6/c13-11(14)7-12-4-8-1-9(5-12)3-10(2-8)6-12;3*1-2/h7-10H,1-6H2;3*1-2H3. The lowest BCUT2D eigenvalue weighted by molar-refractivity contribution is -0.0256. The van der Waals surface area contributed by atoms with Gasteiger partial charge in [0.1, 0.15) is 0 Å². The Labute approximate surface area is 125 Å². The second kappa shape index (κ2) is 9.52. The van der Waals surface area contributed by atoms with E-state index in [2.05, 4.69) is 0 Å². The molecule has 0 radical (unpaired) electrons. The summed E-state index contributed by atoms with van der Waals surface area (Å²) < 4.78 is 24.8. The number of halogens is 2. The van der Waals surface area contributed by atoms with Gasteiger partial charge in [0.25, 0.3) is 6.08 Å². The van der Waals surface area contributed by atoms with Crippen molar-refractivity contribution in [2.75, 3.05) is 0 Å². The van der Waals surface area contributed by atoms with Gasteiger partial charge in [-0.3, -0.25) is 0 Å². The van der Waals surface area contributed by atoms with E-state index in [-0.39, 0.29) is 5.41 Å². The zero-order valence-corrected chi connectivity index (χ0v) is 14.3. The molecule has 0 unspecified atom stereocenters. The summed E-state index contributed by atoms with van der Waals surface area (Å²) in [6.07, 6.45) is 6.91. The Balaban J connectivity index is 0.000000538. The van der Waals surface area contributed by atoms with E-state index in [0.29, 0.717) is 0 Å². The Kier molecular flexibility index (Phi) is 9.33. The SMILES string of the molecule is CC.CC.CC.FC(F)=CC12CC3CC(CC(C3)C1)C2. The zero-order valence-electron chi connectivity index (χ0n) is 14.3. The zero-order chi connectivity index (χ0) is 15.8. The van der Waals surface area contributed by atoms with Gasteiger partial charge in [-0.25, -0.2) is 0 Å². The van der Waals surface area contributed by atoms with E-state index in [1.165, 1.54) is 25.3 Å². The van der Waals surface area contributed by atoms with Gasteiger partial charge in [-0.15, -0.1) is 0 Å². The smallest absolute Gasteiger partial charge is 0.174 e. The van der Waals surface area contributed by atoms with Crippen molar-refractivity contribution in [2.24, 2.45) is 23.2 Å². The highest BCUT2D eigenvalue weighted by Gasteiger charge is 2.50. The molecule has 4 aliphatic carbocycles. The molecule has 0 saturated heterocycles. The van der Waals surface area contributed by atoms with Gasteiger partial charge in [-0.1, -0.05) is 41.5 Å². The molecule has 0 aromatic heterocycles. The largest absolute Gasteiger partial charge is 0.266 e. The average molecular weight is 288 g/mol. The van der Waals surface area contributed by atoms with Crippen LogP contribution in [-0.2, 0) is 0 Å². The third-order valence-corrected chi connectivity index (χ3v) is 4.50. The van der Waals surface area contributed by atoms with Gasteiger partial charge in [0, 0.05) is 0 Å². The van der Waals surface area contributed by atoms with Crippen LogP contribution in [0.25, 0.3) is 0 Å². The molecular formula is C18H34F2. The predicted octanol–water partition coefficient (Wildman–Crippen LogP) is 7.06. The van der Waals surface area contributed by atoms with Crippen LogP contribution in [0.4, 0.5) is 8.78 Å². The van der Waals surface area contributed by atoms with Gasteiger partial charge >= 0.3 is 0 Å². The van der Waals surface area contributed by atoms with Crippen molar-refractivity contribution >= 4 is 0 Å². The first-order valence-electron chi connectivity index (χ1n) is 8.69. The van der Waals surface area contributed by atoms with Gasteiger partial charge in [-0.2, -0.15) is 8.78 Å². The Morgan fingerprint density at radius 2 is 1.05 bits per heavy atom. The van der Waals surface area contributed by atoms with E-state index in [1.807, 2.05) is 41.5 Å². The summed E-state index contributed by atoms with van der Waals surface area (Å²) in [5.74, 6) is 2.28. The monoisotopic (exact) mass is 288 g/mol. The molecule has 4 rings (SSSR count). The lowest BCUT2D eigenvalue weighted by atomic mass is 9.50. The van der Waals surface area contributed by atoms with Crippen molar-refractivity contribution in [1.29, 1.82) is 0 Å². The van der Waals surface area contributed by atoms with Crippen LogP contribution in [0.1, 0.15) is 80.1 Å². The van der Waals surface area contributed by atoms with Crippen LogP contribution in [-0.4, -0.2) is 0 Å². The van der Waals surface area contributed by atoms with E-state index in [4.69, 9.17) is 0 Å². The minimum atomic E-state index is -1.45. The molecule has 0 aliphatic heterocycles. The number of hydrogen-bond acceptors (Lipinski definition) is 0. The molecule has 4 saturated carbocycles. The maximum absolute atomic E-state index is 12.4. The Hall–Kier alpha value is -0.400. The van der Waals surface area contributed by atoms with Crippen molar-refractivity contribution in [2.45, 2.75) is 80.1 Å². The maximum atomic E-state index is 12.4. The second-order valence-corrected chi connectivity index (χ2v) is 5.71. The van der Waals surface area contributed by atoms with E-state index < -0.39 is 6.08 Å². The summed E-state index contributed by atoms with van der Waals surface area (Å²) >= 11 is 0. The van der Waals surface area contributed by atoms with Crippen molar-refractivity contribution < 1.29 is 8.78 Å². The van der Waals surface area contributed by atoms with Crippen molar-refractivity contribution in [3.8, 4) is 0 Å². The highest BCUT2D eigenvalue weighted by Crippen LogP contribution is 2.60. The van der Waals surface area contributed by atoms with E-state index in [1.54, 1.807) is 0 Å². The van der Waals surface area contributed by atoms with Crippen molar-refractivity contribution in [1.82, 2.24) is 0 Å². The highest BCUT2D eigenvalue weighted by atomic mass is 19.3. The minimum absolute atomic E-state index is 0.0897. The molecule has 0 aromatic rings. The maximum Gasteiger partial charge on any atom is 0.266 e. The predicted molar refractivity (Wildman–Crippen MR) is 84.9 cm³/mol. The molecule has 0 N–H and O–H groups in total. The van der Waals surface area contributed by atoms with Crippen LogP contribution in [0.5, 0.6) is 0 Å². The third kappa shape index (κ3) is 4.86. The molecule has 120 valence electrons. The van der Waals surface area contributed by atoms with Gasteiger partial charge in [0.2, 0.25) is 0 Å². The fourth-order valence-corrected chi connectivity index (χ4v) is 4.59. The first kappa shape index (κ1) is 19.6. The van der Waals surface area contributed by atoms with Gasteiger partial charge in [0.15, 0.2) is 0 Å². The minimum Gasteiger partial charge on any atom is -0.174 e. The topological polar surface area (TPSA) is 0 Å². The summed E-state index contributed by atoms with van der Waals surface area (Å²) in [5, 5.41) is 0. The molecule has 0 atom stereocenters. The third-order valence-electron chi connectivity index (χ3n) is 4.50. The fourth-order valence-electron chi connectivity index (χ4n) is 4.59. The van der Waals surface area contributed by atoms with Crippen molar-refractivity contribution in [3.05, 3.63) is 12.2 Å². The lowest BCUT2D eigenvalue weighted by Gasteiger charge is -2.55. The summed E-state index contributed by atoms with van der Waals surface area (Å²) in [7, 11) is 0. The van der Waals surface area contributed by atoms with E-state index >= 15 is 0 Å². The molecule has 0 spiro atoms. The molecular weight excluding hydrogens is 254 g/mol. The molecule has 0 nitrogen and oxygen atoms in total. The quantitative estimate of drug-likeness (QED) is 0.484. The van der Waals surface area contributed by atoms with Gasteiger partial charge in [-0.05, 0) is 67.8 Å². The first-order valence-corrected chi connectivity index (χ1v) is 8.69. The summed E-state index contributed by atoms with van der Waals surface area (Å²) in [4.78, 5) is 0. The van der Waals surface area contributed by atoms with Gasteiger partial charge in [0.05, 0.1) is 0 Å². The number of rotatable bonds is 1. The Morgan fingerprint density at radius 1 is 0.750 bits per heavy atom. The molecule has 0 heterocycles. The second-order valence-electron chi connectivity index (χ2n) is 5.71. The van der Waals surface area contributed by atoms with E-state index in [0.717, 1.165) is 37.0 Å². The molecule has 4 aliphatic rings. The first-order chi connectivity index (χ1) is 9.65. The van der Waals surface area contributed by atoms with Crippen LogP contribution in [0.2, 0.25) is 0 Å². The summed E-state index contributed by atoms with van der Waals surface area (Å²) in [6.45, 7) is 12.0.